The number of rotatable bonds is 6. The lowest BCUT2D eigenvalue weighted by molar-refractivity contribution is 0.232. The minimum Gasteiger partial charge on any atom is -0.311 e. The van der Waals surface area contributed by atoms with E-state index < -0.39 is 0 Å². The molecule has 0 spiro atoms. The third-order valence-corrected chi connectivity index (χ3v) is 5.67. The fourth-order valence-corrected chi connectivity index (χ4v) is 4.37. The normalized spacial score (nSPS) is 24.8. The molecule has 0 aromatic carbocycles. The third-order valence-electron chi connectivity index (χ3n) is 4.44. The molecule has 3 rings (SSSR count). The van der Waals surface area contributed by atoms with E-state index in [0.717, 1.165) is 23.5 Å². The molecular formula is C15H24ClN3S. The molecule has 0 amide bonds. The summed E-state index contributed by atoms with van der Waals surface area (Å²) in [7, 11) is 0. The van der Waals surface area contributed by atoms with Crippen LogP contribution in [0.25, 0.3) is 0 Å². The Labute approximate surface area is 130 Å². The van der Waals surface area contributed by atoms with Gasteiger partial charge in [-0.05, 0) is 51.0 Å². The van der Waals surface area contributed by atoms with Crippen LogP contribution in [0.3, 0.4) is 0 Å². The van der Waals surface area contributed by atoms with Crippen LogP contribution in [0.15, 0.2) is 12.1 Å². The second kappa shape index (κ2) is 7.23. The molecule has 0 saturated carbocycles. The van der Waals surface area contributed by atoms with Crippen molar-refractivity contribution in [3.8, 4) is 0 Å². The summed E-state index contributed by atoms with van der Waals surface area (Å²) < 4.78 is 0.884. The van der Waals surface area contributed by atoms with Gasteiger partial charge in [0, 0.05) is 37.1 Å². The summed E-state index contributed by atoms with van der Waals surface area (Å²) in [6.07, 6.45) is 4.17. The first-order chi connectivity index (χ1) is 9.81. The lowest BCUT2D eigenvalue weighted by Crippen LogP contribution is -2.37. The lowest BCUT2D eigenvalue weighted by Gasteiger charge is -2.23. The quantitative estimate of drug-likeness (QED) is 0.815. The Morgan fingerprint density at radius 3 is 2.85 bits per heavy atom. The smallest absolute Gasteiger partial charge is 0.0931 e. The van der Waals surface area contributed by atoms with Crippen LogP contribution in [-0.2, 0) is 6.54 Å². The van der Waals surface area contributed by atoms with Crippen LogP contribution in [0.1, 0.15) is 24.1 Å². The molecule has 1 N–H and O–H groups in total. The third kappa shape index (κ3) is 3.95. The maximum atomic E-state index is 5.93. The van der Waals surface area contributed by atoms with Crippen molar-refractivity contribution in [3.63, 3.8) is 0 Å². The summed E-state index contributed by atoms with van der Waals surface area (Å²) in [6.45, 7) is 8.39. The van der Waals surface area contributed by atoms with E-state index in [-0.39, 0.29) is 0 Å². The fraction of sp³-hybridized carbons (Fsp3) is 0.733. The topological polar surface area (TPSA) is 18.5 Å². The van der Waals surface area contributed by atoms with Crippen LogP contribution < -0.4 is 5.32 Å². The molecule has 2 aliphatic heterocycles. The zero-order valence-electron chi connectivity index (χ0n) is 12.0. The number of hydrogen-bond donors (Lipinski definition) is 1. The van der Waals surface area contributed by atoms with E-state index in [9.17, 15) is 0 Å². The van der Waals surface area contributed by atoms with Crippen molar-refractivity contribution in [1.29, 1.82) is 0 Å². The second-order valence-electron chi connectivity index (χ2n) is 5.87. The molecule has 1 aromatic rings. The molecule has 1 atom stereocenters. The number of thiophene rings is 1. The molecule has 2 aliphatic rings. The molecule has 20 heavy (non-hydrogen) atoms. The van der Waals surface area contributed by atoms with Gasteiger partial charge in [0.25, 0.3) is 0 Å². The molecule has 0 radical (unpaired) electrons. The molecule has 1 aromatic heterocycles. The van der Waals surface area contributed by atoms with Gasteiger partial charge in [-0.1, -0.05) is 11.6 Å². The van der Waals surface area contributed by atoms with Crippen LogP contribution in [0.2, 0.25) is 4.34 Å². The Bertz CT molecular complexity index is 417. The van der Waals surface area contributed by atoms with Gasteiger partial charge in [0.2, 0.25) is 0 Å². The van der Waals surface area contributed by atoms with Crippen molar-refractivity contribution in [1.82, 2.24) is 15.1 Å². The highest BCUT2D eigenvalue weighted by Gasteiger charge is 2.28. The van der Waals surface area contributed by atoms with Gasteiger partial charge in [0.1, 0.15) is 0 Å². The van der Waals surface area contributed by atoms with Crippen LogP contribution in [0, 0.1) is 0 Å². The Kier molecular flexibility index (Phi) is 5.35. The van der Waals surface area contributed by atoms with E-state index in [4.69, 9.17) is 11.6 Å². The molecule has 3 heterocycles. The molecule has 2 fully saturated rings. The highest BCUT2D eigenvalue weighted by Crippen LogP contribution is 2.21. The monoisotopic (exact) mass is 313 g/mol. The Morgan fingerprint density at radius 2 is 2.10 bits per heavy atom. The number of halogens is 1. The summed E-state index contributed by atoms with van der Waals surface area (Å²) in [5.41, 5.74) is 0. The number of likely N-dealkylation sites (tertiary alicyclic amines) is 2. The summed E-state index contributed by atoms with van der Waals surface area (Å²) in [5, 5.41) is 3.52. The summed E-state index contributed by atoms with van der Waals surface area (Å²) in [4.78, 5) is 6.63. The van der Waals surface area contributed by atoms with Crippen molar-refractivity contribution in [2.45, 2.75) is 31.8 Å². The van der Waals surface area contributed by atoms with Gasteiger partial charge in [0.15, 0.2) is 0 Å². The number of nitrogens with one attached hydrogen (secondary N) is 1. The number of hydrogen-bond acceptors (Lipinski definition) is 4. The number of nitrogens with zero attached hydrogens (tertiary/aromatic N) is 2. The lowest BCUT2D eigenvalue weighted by atomic mass is 10.2. The molecule has 5 heteroatoms. The van der Waals surface area contributed by atoms with Crippen LogP contribution in [-0.4, -0.2) is 55.1 Å². The molecule has 0 bridgehead atoms. The average molecular weight is 314 g/mol. The standard InChI is InChI=1S/C15H24ClN3S/c16-15-4-3-14(20-15)11-17-6-10-18-9-5-13(12-18)19-7-1-2-8-19/h3-4,13,17H,1-2,5-12H2. The van der Waals surface area contributed by atoms with Crippen LogP contribution in [0.4, 0.5) is 0 Å². The highest BCUT2D eigenvalue weighted by atomic mass is 35.5. The second-order valence-corrected chi connectivity index (χ2v) is 7.67. The van der Waals surface area contributed by atoms with Crippen molar-refractivity contribution in [2.24, 2.45) is 0 Å². The van der Waals surface area contributed by atoms with E-state index in [1.54, 1.807) is 11.3 Å². The van der Waals surface area contributed by atoms with Gasteiger partial charge in [-0.25, -0.2) is 0 Å². The van der Waals surface area contributed by atoms with Crippen molar-refractivity contribution in [3.05, 3.63) is 21.3 Å². The maximum absolute atomic E-state index is 5.93. The summed E-state index contributed by atoms with van der Waals surface area (Å²) in [6, 6.07) is 4.91. The van der Waals surface area contributed by atoms with E-state index >= 15 is 0 Å². The predicted molar refractivity (Wildman–Crippen MR) is 86.7 cm³/mol. The van der Waals surface area contributed by atoms with E-state index in [1.165, 1.54) is 56.9 Å². The largest absolute Gasteiger partial charge is 0.311 e. The Morgan fingerprint density at radius 1 is 1.25 bits per heavy atom. The summed E-state index contributed by atoms with van der Waals surface area (Å²) in [5.74, 6) is 0. The first-order valence-corrected chi connectivity index (χ1v) is 8.92. The first kappa shape index (κ1) is 14.8. The summed E-state index contributed by atoms with van der Waals surface area (Å²) >= 11 is 7.60. The molecule has 3 nitrogen and oxygen atoms in total. The Hall–Kier alpha value is -0.130. The SMILES string of the molecule is Clc1ccc(CNCCN2CCC(N3CCCC3)C2)s1. The minimum absolute atomic E-state index is 0.827. The van der Waals surface area contributed by atoms with E-state index in [2.05, 4.69) is 21.2 Å². The van der Waals surface area contributed by atoms with Crippen LogP contribution >= 0.6 is 22.9 Å². The van der Waals surface area contributed by atoms with Gasteiger partial charge < -0.3 is 10.2 Å². The van der Waals surface area contributed by atoms with Gasteiger partial charge >= 0.3 is 0 Å². The maximum Gasteiger partial charge on any atom is 0.0931 e. The zero-order valence-corrected chi connectivity index (χ0v) is 13.6. The predicted octanol–water partition coefficient (Wildman–Crippen LogP) is 2.66. The van der Waals surface area contributed by atoms with Gasteiger partial charge in [-0.3, -0.25) is 4.90 Å². The van der Waals surface area contributed by atoms with Crippen molar-refractivity contribution < 1.29 is 0 Å². The molecule has 112 valence electrons. The first-order valence-electron chi connectivity index (χ1n) is 7.72. The van der Waals surface area contributed by atoms with E-state index in [1.807, 2.05) is 6.07 Å². The molecule has 2 saturated heterocycles. The molecule has 0 aliphatic carbocycles. The van der Waals surface area contributed by atoms with Crippen molar-refractivity contribution >= 4 is 22.9 Å². The zero-order chi connectivity index (χ0) is 13.8. The fourth-order valence-electron chi connectivity index (χ4n) is 3.32. The minimum atomic E-state index is 0.827. The van der Waals surface area contributed by atoms with E-state index in [0.29, 0.717) is 0 Å². The van der Waals surface area contributed by atoms with Gasteiger partial charge in [-0.2, -0.15) is 0 Å². The average Bonchev–Trinajstić information content (AvgIpc) is 3.16. The molecule has 1 unspecified atom stereocenters. The van der Waals surface area contributed by atoms with Crippen molar-refractivity contribution in [2.75, 3.05) is 39.3 Å². The van der Waals surface area contributed by atoms with Crippen LogP contribution in [0.5, 0.6) is 0 Å². The Balaban J connectivity index is 1.31. The highest BCUT2D eigenvalue weighted by molar-refractivity contribution is 7.16. The van der Waals surface area contributed by atoms with Gasteiger partial charge in [0.05, 0.1) is 4.34 Å². The molecular weight excluding hydrogens is 290 g/mol. The van der Waals surface area contributed by atoms with Gasteiger partial charge in [-0.15, -0.1) is 11.3 Å².